The van der Waals surface area contributed by atoms with E-state index in [0.717, 1.165) is 30.4 Å². The molecule has 0 spiro atoms. The van der Waals surface area contributed by atoms with E-state index in [2.05, 4.69) is 29.3 Å². The van der Waals surface area contributed by atoms with Crippen molar-refractivity contribution in [2.75, 3.05) is 20.6 Å². The second-order valence-electron chi connectivity index (χ2n) is 5.68. The minimum atomic E-state index is 0.330. The summed E-state index contributed by atoms with van der Waals surface area (Å²) in [4.78, 5) is 6.77. The van der Waals surface area contributed by atoms with Crippen molar-refractivity contribution in [1.82, 2.24) is 15.2 Å². The van der Waals surface area contributed by atoms with E-state index in [4.69, 9.17) is 4.42 Å². The Kier molecular flexibility index (Phi) is 4.07. The molecule has 1 aliphatic rings. The second-order valence-corrected chi connectivity index (χ2v) is 5.68. The molecule has 0 atom stereocenters. The van der Waals surface area contributed by atoms with Crippen LogP contribution in [0.2, 0.25) is 0 Å². The van der Waals surface area contributed by atoms with Crippen molar-refractivity contribution in [2.45, 2.75) is 51.6 Å². The maximum atomic E-state index is 5.59. The first-order chi connectivity index (χ1) is 8.53. The first-order valence-electron chi connectivity index (χ1n) is 6.84. The van der Waals surface area contributed by atoms with E-state index in [1.54, 1.807) is 0 Å². The molecule has 0 unspecified atom stereocenters. The Labute approximate surface area is 110 Å². The van der Waals surface area contributed by atoms with Gasteiger partial charge in [0.2, 0.25) is 5.89 Å². The largest absolute Gasteiger partial charge is 0.444 e. The fourth-order valence-electron chi connectivity index (χ4n) is 2.83. The Morgan fingerprint density at radius 1 is 1.28 bits per heavy atom. The molecule has 1 heterocycles. The van der Waals surface area contributed by atoms with Crippen molar-refractivity contribution in [3.05, 3.63) is 17.3 Å². The lowest BCUT2D eigenvalue weighted by Crippen LogP contribution is -2.49. The molecule has 1 aliphatic carbocycles. The Morgan fingerprint density at radius 3 is 2.44 bits per heavy atom. The molecule has 18 heavy (non-hydrogen) atoms. The van der Waals surface area contributed by atoms with Gasteiger partial charge in [-0.1, -0.05) is 12.8 Å². The zero-order chi connectivity index (χ0) is 13.2. The van der Waals surface area contributed by atoms with Crippen LogP contribution in [-0.2, 0) is 6.54 Å². The number of aryl methyl sites for hydroxylation is 2. The van der Waals surface area contributed by atoms with Gasteiger partial charge in [0.25, 0.3) is 0 Å². The van der Waals surface area contributed by atoms with Crippen LogP contribution in [0.4, 0.5) is 0 Å². The number of hydrogen-bond acceptors (Lipinski definition) is 4. The van der Waals surface area contributed by atoms with E-state index in [1.165, 1.54) is 25.7 Å². The molecular formula is C14H25N3O. The summed E-state index contributed by atoms with van der Waals surface area (Å²) in [6.45, 7) is 5.69. The molecule has 1 N–H and O–H groups in total. The van der Waals surface area contributed by atoms with Crippen LogP contribution in [0.5, 0.6) is 0 Å². The summed E-state index contributed by atoms with van der Waals surface area (Å²) >= 11 is 0. The van der Waals surface area contributed by atoms with Gasteiger partial charge in [0.15, 0.2) is 0 Å². The van der Waals surface area contributed by atoms with Gasteiger partial charge in [0, 0.05) is 12.1 Å². The smallest absolute Gasteiger partial charge is 0.208 e. The molecule has 0 saturated heterocycles. The predicted octanol–water partition coefficient (Wildman–Crippen LogP) is 2.26. The standard InChI is InChI=1S/C14H25N3O/c1-11-12(2)18-13(16-11)9-15-10-14(17(3)4)7-5-6-8-14/h15H,5-10H2,1-4H3. The summed E-state index contributed by atoms with van der Waals surface area (Å²) in [5.74, 6) is 1.73. The number of aromatic nitrogens is 1. The van der Waals surface area contributed by atoms with E-state index >= 15 is 0 Å². The van der Waals surface area contributed by atoms with Crippen LogP contribution in [0.15, 0.2) is 4.42 Å². The highest BCUT2D eigenvalue weighted by Crippen LogP contribution is 2.33. The summed E-state index contributed by atoms with van der Waals surface area (Å²) in [5.41, 5.74) is 1.33. The zero-order valence-electron chi connectivity index (χ0n) is 12.0. The van der Waals surface area contributed by atoms with Crippen molar-refractivity contribution in [1.29, 1.82) is 0 Å². The summed E-state index contributed by atoms with van der Waals surface area (Å²) < 4.78 is 5.59. The van der Waals surface area contributed by atoms with Crippen LogP contribution in [0.25, 0.3) is 0 Å². The minimum Gasteiger partial charge on any atom is -0.444 e. The lowest BCUT2D eigenvalue weighted by molar-refractivity contribution is 0.152. The summed E-state index contributed by atoms with van der Waals surface area (Å²) in [6.07, 6.45) is 5.27. The van der Waals surface area contributed by atoms with Gasteiger partial charge in [-0.3, -0.25) is 0 Å². The SMILES string of the molecule is Cc1nc(CNCC2(N(C)C)CCCC2)oc1C. The zero-order valence-corrected chi connectivity index (χ0v) is 12.0. The number of hydrogen-bond donors (Lipinski definition) is 1. The van der Waals surface area contributed by atoms with Crippen LogP contribution >= 0.6 is 0 Å². The topological polar surface area (TPSA) is 41.3 Å². The van der Waals surface area contributed by atoms with Gasteiger partial charge in [-0.05, 0) is 40.8 Å². The molecule has 1 saturated carbocycles. The highest BCUT2D eigenvalue weighted by Gasteiger charge is 2.35. The average Bonchev–Trinajstić information content (AvgIpc) is 2.89. The van der Waals surface area contributed by atoms with Crippen molar-refractivity contribution in [3.8, 4) is 0 Å². The second kappa shape index (κ2) is 5.41. The number of nitrogens with one attached hydrogen (secondary N) is 1. The third-order valence-electron chi connectivity index (χ3n) is 4.29. The molecular weight excluding hydrogens is 226 g/mol. The Balaban J connectivity index is 1.87. The molecule has 0 aliphatic heterocycles. The highest BCUT2D eigenvalue weighted by molar-refractivity contribution is 5.05. The van der Waals surface area contributed by atoms with Crippen molar-refractivity contribution < 1.29 is 4.42 Å². The number of likely N-dealkylation sites (N-methyl/N-ethyl adjacent to an activating group) is 1. The first-order valence-corrected chi connectivity index (χ1v) is 6.84. The normalized spacial score (nSPS) is 18.7. The predicted molar refractivity (Wildman–Crippen MR) is 72.6 cm³/mol. The fraction of sp³-hybridized carbons (Fsp3) is 0.786. The van der Waals surface area contributed by atoms with Crippen LogP contribution in [0.3, 0.4) is 0 Å². The molecule has 1 aromatic rings. The Hall–Kier alpha value is -0.870. The van der Waals surface area contributed by atoms with Crippen molar-refractivity contribution in [3.63, 3.8) is 0 Å². The first kappa shape index (κ1) is 13.6. The van der Waals surface area contributed by atoms with Gasteiger partial charge in [0.05, 0.1) is 12.2 Å². The van der Waals surface area contributed by atoms with Crippen molar-refractivity contribution >= 4 is 0 Å². The molecule has 0 radical (unpaired) electrons. The van der Waals surface area contributed by atoms with Gasteiger partial charge in [-0.15, -0.1) is 0 Å². The van der Waals surface area contributed by atoms with Gasteiger partial charge in [0.1, 0.15) is 5.76 Å². The minimum absolute atomic E-state index is 0.330. The number of oxazole rings is 1. The molecule has 102 valence electrons. The van der Waals surface area contributed by atoms with Crippen LogP contribution in [0, 0.1) is 13.8 Å². The maximum absolute atomic E-state index is 5.59. The van der Waals surface area contributed by atoms with Gasteiger partial charge < -0.3 is 14.6 Å². The molecule has 0 bridgehead atoms. The monoisotopic (exact) mass is 251 g/mol. The maximum Gasteiger partial charge on any atom is 0.208 e. The van der Waals surface area contributed by atoms with E-state index in [1.807, 2.05) is 13.8 Å². The highest BCUT2D eigenvalue weighted by atomic mass is 16.4. The lowest BCUT2D eigenvalue weighted by atomic mass is 9.96. The third-order valence-corrected chi connectivity index (χ3v) is 4.29. The van der Waals surface area contributed by atoms with Crippen molar-refractivity contribution in [2.24, 2.45) is 0 Å². The summed E-state index contributed by atoms with van der Waals surface area (Å²) in [6, 6.07) is 0. The molecule has 4 heteroatoms. The van der Waals surface area contributed by atoms with E-state index in [9.17, 15) is 0 Å². The molecule has 2 rings (SSSR count). The number of rotatable bonds is 5. The van der Waals surface area contributed by atoms with Crippen LogP contribution in [-0.4, -0.2) is 36.1 Å². The quantitative estimate of drug-likeness (QED) is 0.871. The van der Waals surface area contributed by atoms with E-state index < -0.39 is 0 Å². The molecule has 1 aromatic heterocycles. The van der Waals surface area contributed by atoms with Crippen LogP contribution in [0.1, 0.15) is 43.0 Å². The summed E-state index contributed by atoms with van der Waals surface area (Å²) in [7, 11) is 4.37. The van der Waals surface area contributed by atoms with Gasteiger partial charge in [-0.25, -0.2) is 4.98 Å². The van der Waals surface area contributed by atoms with E-state index in [0.29, 0.717) is 5.54 Å². The summed E-state index contributed by atoms with van der Waals surface area (Å²) in [5, 5.41) is 3.51. The van der Waals surface area contributed by atoms with Gasteiger partial charge in [-0.2, -0.15) is 0 Å². The molecule has 0 aromatic carbocycles. The molecule has 4 nitrogen and oxygen atoms in total. The van der Waals surface area contributed by atoms with Gasteiger partial charge >= 0.3 is 0 Å². The lowest BCUT2D eigenvalue weighted by Gasteiger charge is -2.36. The Morgan fingerprint density at radius 2 is 1.94 bits per heavy atom. The van der Waals surface area contributed by atoms with Crippen LogP contribution < -0.4 is 5.32 Å². The third kappa shape index (κ3) is 2.75. The fourth-order valence-corrected chi connectivity index (χ4v) is 2.83. The molecule has 1 fully saturated rings. The number of nitrogens with zero attached hydrogens (tertiary/aromatic N) is 2. The average molecular weight is 251 g/mol. The Bertz CT molecular complexity index is 372. The van der Waals surface area contributed by atoms with E-state index in [-0.39, 0.29) is 0 Å². The molecule has 0 amide bonds.